The van der Waals surface area contributed by atoms with Gasteiger partial charge >= 0.3 is 0 Å². The zero-order chi connectivity index (χ0) is 15.2. The Labute approximate surface area is 142 Å². The number of nitrogens with two attached hydrogens (primary N) is 1. The lowest BCUT2D eigenvalue weighted by Crippen LogP contribution is -2.33. The monoisotopic (exact) mass is 388 g/mol. The minimum atomic E-state index is -0.224. The van der Waals surface area contributed by atoms with Crippen LogP contribution in [0.5, 0.6) is 0 Å². The predicted octanol–water partition coefficient (Wildman–Crippen LogP) is 1.44. The first-order valence-corrected chi connectivity index (χ1v) is 7.52. The highest BCUT2D eigenvalue weighted by Gasteiger charge is 2.08. The number of nitrogens with one attached hydrogen (secondary N) is 1. The molecule has 1 aromatic heterocycles. The number of nitrogens with zero attached hydrogens (tertiary/aromatic N) is 2. The van der Waals surface area contributed by atoms with Crippen molar-refractivity contribution in [2.24, 2.45) is 5.73 Å². The molecule has 0 saturated heterocycles. The summed E-state index contributed by atoms with van der Waals surface area (Å²) in [7, 11) is 0. The lowest BCUT2D eigenvalue weighted by atomic mass is 10.2. The highest BCUT2D eigenvalue weighted by atomic mass is 79.9. The molecular weight excluding hydrogens is 372 g/mol. The maximum atomic E-state index is 12.3. The van der Waals surface area contributed by atoms with Crippen molar-refractivity contribution >= 4 is 45.1 Å². The Hall–Kier alpha value is -1.44. The largest absolute Gasteiger partial charge is 0.355 e. The summed E-state index contributed by atoms with van der Waals surface area (Å²) in [6.07, 6.45) is 3.10. The lowest BCUT2D eigenvalue weighted by Gasteiger charge is -2.08. The summed E-state index contributed by atoms with van der Waals surface area (Å²) in [5, 5.41) is 3.25. The second-order valence-electron chi connectivity index (χ2n) is 4.68. The third-order valence-corrected chi connectivity index (χ3v) is 3.55. The maximum Gasteiger partial charge on any atom is 0.261 e. The molecule has 2 aromatic rings. The van der Waals surface area contributed by atoms with Crippen LogP contribution in [0.4, 0.5) is 0 Å². The number of carbonyl (C=O) groups is 1. The van der Waals surface area contributed by atoms with Gasteiger partial charge in [0.15, 0.2) is 0 Å². The quantitative estimate of drug-likeness (QED) is 0.732. The Bertz CT molecular complexity index is 705. The van der Waals surface area contributed by atoms with Crippen molar-refractivity contribution in [3.8, 4) is 0 Å². The van der Waals surface area contributed by atoms with Gasteiger partial charge in [0, 0.05) is 11.0 Å². The molecule has 8 heteroatoms. The van der Waals surface area contributed by atoms with Gasteiger partial charge in [-0.05, 0) is 37.6 Å². The van der Waals surface area contributed by atoms with Crippen LogP contribution < -0.4 is 16.6 Å². The third kappa shape index (κ3) is 4.79. The molecule has 0 spiro atoms. The molecule has 0 aliphatic carbocycles. The minimum Gasteiger partial charge on any atom is -0.355 e. The normalized spacial score (nSPS) is 10.3. The van der Waals surface area contributed by atoms with E-state index >= 15 is 0 Å². The number of carbonyl (C=O) groups excluding carboxylic acids is 1. The summed E-state index contributed by atoms with van der Waals surface area (Å²) in [6.45, 7) is 1.15. The first kappa shape index (κ1) is 18.6. The minimum absolute atomic E-state index is 0. The highest BCUT2D eigenvalue weighted by Crippen LogP contribution is 2.14. The summed E-state index contributed by atoms with van der Waals surface area (Å²) in [6, 6.07) is 5.29. The average molecular weight is 390 g/mol. The molecule has 1 amide bonds. The second kappa shape index (κ2) is 8.87. The van der Waals surface area contributed by atoms with E-state index in [1.807, 2.05) is 6.07 Å². The molecular formula is C14H18BrClN4O2. The van der Waals surface area contributed by atoms with Crippen LogP contribution in [0.2, 0.25) is 0 Å². The average Bonchev–Trinajstić information content (AvgIpc) is 2.47. The van der Waals surface area contributed by atoms with Crippen molar-refractivity contribution in [3.05, 3.63) is 39.4 Å². The Kier molecular flexibility index (Phi) is 7.50. The molecule has 22 heavy (non-hydrogen) atoms. The smallest absolute Gasteiger partial charge is 0.261 e. The molecule has 0 radical (unpaired) electrons. The SMILES string of the molecule is Cl.NCCCCNC(=O)Cn1cnc2ccc(Br)cc2c1=O. The number of hydrogen-bond donors (Lipinski definition) is 2. The molecule has 2 rings (SSSR count). The van der Waals surface area contributed by atoms with Crippen molar-refractivity contribution in [2.45, 2.75) is 19.4 Å². The fourth-order valence-corrected chi connectivity index (χ4v) is 2.31. The summed E-state index contributed by atoms with van der Waals surface area (Å²) in [5.41, 5.74) is 5.77. The summed E-state index contributed by atoms with van der Waals surface area (Å²) >= 11 is 3.33. The number of fused-ring (bicyclic) bond motifs is 1. The van der Waals surface area contributed by atoms with Crippen molar-refractivity contribution in [1.29, 1.82) is 0 Å². The number of aromatic nitrogens is 2. The van der Waals surface area contributed by atoms with Gasteiger partial charge in [-0.3, -0.25) is 14.2 Å². The number of amides is 1. The standard InChI is InChI=1S/C14H17BrN4O2.ClH/c15-10-3-4-12-11(7-10)14(21)19(9-18-12)8-13(20)17-6-2-1-5-16;/h3-4,7,9H,1-2,5-6,8,16H2,(H,17,20);1H. The summed E-state index contributed by atoms with van der Waals surface area (Å²) < 4.78 is 2.12. The number of halogens is 2. The van der Waals surface area contributed by atoms with E-state index in [1.165, 1.54) is 10.9 Å². The number of benzene rings is 1. The molecule has 0 fully saturated rings. The van der Waals surface area contributed by atoms with E-state index < -0.39 is 0 Å². The topological polar surface area (TPSA) is 90.0 Å². The number of rotatable bonds is 6. The third-order valence-electron chi connectivity index (χ3n) is 3.05. The number of hydrogen-bond acceptors (Lipinski definition) is 4. The molecule has 0 saturated carbocycles. The molecule has 120 valence electrons. The Morgan fingerprint density at radius 3 is 2.86 bits per heavy atom. The van der Waals surface area contributed by atoms with Gasteiger partial charge in [0.1, 0.15) is 6.54 Å². The fourth-order valence-electron chi connectivity index (χ4n) is 1.95. The van der Waals surface area contributed by atoms with E-state index in [4.69, 9.17) is 5.73 Å². The molecule has 0 unspecified atom stereocenters. The molecule has 1 heterocycles. The van der Waals surface area contributed by atoms with Crippen molar-refractivity contribution in [3.63, 3.8) is 0 Å². The van der Waals surface area contributed by atoms with Crippen LogP contribution in [0.3, 0.4) is 0 Å². The van der Waals surface area contributed by atoms with Crippen LogP contribution in [0.1, 0.15) is 12.8 Å². The van der Waals surface area contributed by atoms with E-state index in [9.17, 15) is 9.59 Å². The van der Waals surface area contributed by atoms with Crippen LogP contribution in [0.25, 0.3) is 10.9 Å². The molecule has 0 aliphatic heterocycles. The van der Waals surface area contributed by atoms with E-state index in [1.54, 1.807) is 12.1 Å². The van der Waals surface area contributed by atoms with Gasteiger partial charge in [0.05, 0.1) is 17.2 Å². The van der Waals surface area contributed by atoms with E-state index in [-0.39, 0.29) is 30.4 Å². The van der Waals surface area contributed by atoms with Gasteiger partial charge < -0.3 is 11.1 Å². The van der Waals surface area contributed by atoms with Crippen LogP contribution in [0, 0.1) is 0 Å². The molecule has 1 aromatic carbocycles. The highest BCUT2D eigenvalue weighted by molar-refractivity contribution is 9.10. The van der Waals surface area contributed by atoms with Gasteiger partial charge in [-0.15, -0.1) is 12.4 Å². The lowest BCUT2D eigenvalue weighted by molar-refractivity contribution is -0.121. The van der Waals surface area contributed by atoms with E-state index in [2.05, 4.69) is 26.2 Å². The van der Waals surface area contributed by atoms with Crippen LogP contribution in [0.15, 0.2) is 33.8 Å². The zero-order valence-electron chi connectivity index (χ0n) is 11.9. The molecule has 0 atom stereocenters. The molecule has 0 aliphatic rings. The van der Waals surface area contributed by atoms with E-state index in [0.717, 1.165) is 17.3 Å². The number of unbranched alkanes of at least 4 members (excludes halogenated alkanes) is 1. The first-order chi connectivity index (χ1) is 10.1. The Balaban J connectivity index is 0.00000242. The Morgan fingerprint density at radius 2 is 2.14 bits per heavy atom. The second-order valence-corrected chi connectivity index (χ2v) is 5.60. The van der Waals surface area contributed by atoms with Gasteiger partial charge in [-0.1, -0.05) is 15.9 Å². The predicted molar refractivity (Wildman–Crippen MR) is 92.2 cm³/mol. The van der Waals surface area contributed by atoms with Crippen molar-refractivity contribution < 1.29 is 4.79 Å². The molecule has 6 nitrogen and oxygen atoms in total. The Morgan fingerprint density at radius 1 is 1.36 bits per heavy atom. The van der Waals surface area contributed by atoms with Crippen molar-refractivity contribution in [2.75, 3.05) is 13.1 Å². The first-order valence-electron chi connectivity index (χ1n) is 6.73. The van der Waals surface area contributed by atoms with Crippen LogP contribution in [-0.4, -0.2) is 28.5 Å². The van der Waals surface area contributed by atoms with Crippen LogP contribution >= 0.6 is 28.3 Å². The van der Waals surface area contributed by atoms with Gasteiger partial charge in [0.2, 0.25) is 5.91 Å². The zero-order valence-corrected chi connectivity index (χ0v) is 14.3. The summed E-state index contributed by atoms with van der Waals surface area (Å²) in [5.74, 6) is -0.203. The molecule has 3 N–H and O–H groups in total. The van der Waals surface area contributed by atoms with Crippen LogP contribution in [-0.2, 0) is 11.3 Å². The summed E-state index contributed by atoms with van der Waals surface area (Å²) in [4.78, 5) is 28.3. The van der Waals surface area contributed by atoms with E-state index in [0.29, 0.717) is 24.0 Å². The maximum absolute atomic E-state index is 12.3. The van der Waals surface area contributed by atoms with Gasteiger partial charge in [0.25, 0.3) is 5.56 Å². The molecule has 0 bridgehead atoms. The van der Waals surface area contributed by atoms with Gasteiger partial charge in [-0.25, -0.2) is 4.98 Å². The van der Waals surface area contributed by atoms with Crippen molar-refractivity contribution in [1.82, 2.24) is 14.9 Å². The van der Waals surface area contributed by atoms with Gasteiger partial charge in [-0.2, -0.15) is 0 Å². The fraction of sp³-hybridized carbons (Fsp3) is 0.357.